The number of hydrogen-bond acceptors (Lipinski definition) is 5. The average molecular weight is 301 g/mol. The van der Waals surface area contributed by atoms with Gasteiger partial charge in [0.2, 0.25) is 5.13 Å². The summed E-state index contributed by atoms with van der Waals surface area (Å²) in [5.74, 6) is -0.365. The number of fused-ring (bicyclic) bond motifs is 1. The van der Waals surface area contributed by atoms with Gasteiger partial charge in [0.15, 0.2) is 0 Å². The van der Waals surface area contributed by atoms with Crippen LogP contribution in [0.5, 0.6) is 0 Å². The second-order valence-electron chi connectivity index (χ2n) is 4.68. The first kappa shape index (κ1) is 13.8. The molecule has 0 saturated heterocycles. The van der Waals surface area contributed by atoms with Gasteiger partial charge >= 0.3 is 5.97 Å². The number of carbonyl (C=O) groups excluding carboxylic acids is 1. The molecule has 0 aliphatic heterocycles. The van der Waals surface area contributed by atoms with Crippen LogP contribution in [0.1, 0.15) is 28.5 Å². The number of nitrogens with zero attached hydrogens (tertiary/aromatic N) is 3. The lowest BCUT2D eigenvalue weighted by atomic mass is 10.2. The van der Waals surface area contributed by atoms with Gasteiger partial charge in [0.05, 0.1) is 29.2 Å². The molecule has 3 aromatic rings. The number of thiazole rings is 1. The van der Waals surface area contributed by atoms with Gasteiger partial charge in [-0.05, 0) is 25.0 Å². The van der Waals surface area contributed by atoms with Crippen molar-refractivity contribution in [3.63, 3.8) is 0 Å². The maximum atomic E-state index is 11.8. The molecule has 0 radical (unpaired) electrons. The monoisotopic (exact) mass is 301 g/mol. The Labute approximate surface area is 126 Å². The van der Waals surface area contributed by atoms with Crippen molar-refractivity contribution in [2.75, 3.05) is 7.11 Å². The van der Waals surface area contributed by atoms with Crippen LogP contribution < -0.4 is 0 Å². The SMILES string of the molecule is CCc1c(C(=O)OC)cnn1-c1nc2c(C)cccc2s1. The highest BCUT2D eigenvalue weighted by molar-refractivity contribution is 7.20. The van der Waals surface area contributed by atoms with Gasteiger partial charge in [0, 0.05) is 0 Å². The van der Waals surface area contributed by atoms with Gasteiger partial charge in [0.25, 0.3) is 0 Å². The van der Waals surface area contributed by atoms with Crippen LogP contribution >= 0.6 is 11.3 Å². The summed E-state index contributed by atoms with van der Waals surface area (Å²) in [6.07, 6.45) is 2.23. The fourth-order valence-corrected chi connectivity index (χ4v) is 3.35. The predicted molar refractivity (Wildman–Crippen MR) is 82.2 cm³/mol. The minimum atomic E-state index is -0.365. The zero-order valence-corrected chi connectivity index (χ0v) is 12.9. The lowest BCUT2D eigenvalue weighted by molar-refractivity contribution is 0.0599. The predicted octanol–water partition coefficient (Wildman–Crippen LogP) is 3.14. The summed E-state index contributed by atoms with van der Waals surface area (Å²) >= 11 is 1.56. The Bertz CT molecular complexity index is 820. The van der Waals surface area contributed by atoms with Gasteiger partial charge in [-0.25, -0.2) is 14.5 Å². The van der Waals surface area contributed by atoms with Crippen molar-refractivity contribution in [2.24, 2.45) is 0 Å². The zero-order valence-electron chi connectivity index (χ0n) is 12.1. The zero-order chi connectivity index (χ0) is 15.0. The lowest BCUT2D eigenvalue weighted by Gasteiger charge is -2.03. The molecule has 108 valence electrons. The van der Waals surface area contributed by atoms with Gasteiger partial charge in [-0.15, -0.1) is 0 Å². The highest BCUT2D eigenvalue weighted by Crippen LogP contribution is 2.28. The quantitative estimate of drug-likeness (QED) is 0.697. The van der Waals surface area contributed by atoms with E-state index in [1.807, 2.05) is 32.0 Å². The summed E-state index contributed by atoms with van der Waals surface area (Å²) in [6, 6.07) is 6.10. The van der Waals surface area contributed by atoms with Gasteiger partial charge < -0.3 is 4.74 Å². The van der Waals surface area contributed by atoms with Crippen molar-refractivity contribution in [3.8, 4) is 5.13 Å². The molecular formula is C15H15N3O2S. The summed E-state index contributed by atoms with van der Waals surface area (Å²) in [5.41, 5.74) is 3.43. The van der Waals surface area contributed by atoms with E-state index in [4.69, 9.17) is 4.74 Å². The maximum Gasteiger partial charge on any atom is 0.341 e. The molecule has 3 rings (SSSR count). The van der Waals surface area contributed by atoms with Gasteiger partial charge in [-0.3, -0.25) is 0 Å². The van der Waals surface area contributed by atoms with E-state index >= 15 is 0 Å². The molecule has 0 spiro atoms. The van der Waals surface area contributed by atoms with E-state index in [1.54, 1.807) is 22.2 Å². The molecule has 2 heterocycles. The lowest BCUT2D eigenvalue weighted by Crippen LogP contribution is -2.07. The number of benzene rings is 1. The van der Waals surface area contributed by atoms with E-state index in [1.165, 1.54) is 7.11 Å². The minimum absolute atomic E-state index is 0.365. The Morgan fingerprint density at radius 1 is 1.43 bits per heavy atom. The first-order chi connectivity index (χ1) is 10.2. The summed E-state index contributed by atoms with van der Waals surface area (Å²) in [7, 11) is 1.38. The number of aryl methyl sites for hydroxylation is 1. The second kappa shape index (κ2) is 5.29. The third kappa shape index (κ3) is 2.21. The molecule has 6 heteroatoms. The molecule has 5 nitrogen and oxygen atoms in total. The molecule has 2 aromatic heterocycles. The van der Waals surface area contributed by atoms with E-state index in [2.05, 4.69) is 10.1 Å². The third-order valence-corrected chi connectivity index (χ3v) is 4.40. The van der Waals surface area contributed by atoms with Crippen LogP contribution in [0.3, 0.4) is 0 Å². The molecule has 0 aliphatic rings. The molecule has 0 bridgehead atoms. The molecular weight excluding hydrogens is 286 g/mol. The van der Waals surface area contributed by atoms with Crippen LogP contribution in [-0.4, -0.2) is 27.8 Å². The van der Waals surface area contributed by atoms with Crippen LogP contribution in [0.4, 0.5) is 0 Å². The molecule has 0 atom stereocenters. The summed E-state index contributed by atoms with van der Waals surface area (Å²) in [5, 5.41) is 5.08. The minimum Gasteiger partial charge on any atom is -0.465 e. The highest BCUT2D eigenvalue weighted by Gasteiger charge is 2.19. The summed E-state index contributed by atoms with van der Waals surface area (Å²) in [6.45, 7) is 4.02. The Hall–Kier alpha value is -2.21. The number of carbonyl (C=O) groups is 1. The first-order valence-electron chi connectivity index (χ1n) is 6.67. The van der Waals surface area contributed by atoms with Crippen molar-refractivity contribution in [2.45, 2.75) is 20.3 Å². The van der Waals surface area contributed by atoms with E-state index in [9.17, 15) is 4.79 Å². The van der Waals surface area contributed by atoms with Crippen molar-refractivity contribution in [1.82, 2.24) is 14.8 Å². The maximum absolute atomic E-state index is 11.8. The van der Waals surface area contributed by atoms with E-state index in [-0.39, 0.29) is 5.97 Å². The third-order valence-electron chi connectivity index (χ3n) is 3.40. The second-order valence-corrected chi connectivity index (χ2v) is 5.69. The molecule has 0 N–H and O–H groups in total. The molecule has 0 saturated carbocycles. The first-order valence-corrected chi connectivity index (χ1v) is 7.49. The number of ether oxygens (including phenoxy) is 1. The van der Waals surface area contributed by atoms with Crippen molar-refractivity contribution in [3.05, 3.63) is 41.2 Å². The Morgan fingerprint density at radius 3 is 2.90 bits per heavy atom. The fourth-order valence-electron chi connectivity index (χ4n) is 2.32. The van der Waals surface area contributed by atoms with Gasteiger partial charge in [-0.2, -0.15) is 5.10 Å². The number of methoxy groups -OCH3 is 1. The van der Waals surface area contributed by atoms with Crippen LogP contribution in [-0.2, 0) is 11.2 Å². The molecule has 0 aliphatic carbocycles. The summed E-state index contributed by atoms with van der Waals surface area (Å²) < 4.78 is 7.64. The fraction of sp³-hybridized carbons (Fsp3) is 0.267. The van der Waals surface area contributed by atoms with Crippen LogP contribution in [0.15, 0.2) is 24.4 Å². The Kier molecular flexibility index (Phi) is 3.47. The normalized spacial score (nSPS) is 11.0. The van der Waals surface area contributed by atoms with E-state index in [0.717, 1.165) is 26.6 Å². The van der Waals surface area contributed by atoms with Crippen molar-refractivity contribution < 1.29 is 9.53 Å². The number of esters is 1. The highest BCUT2D eigenvalue weighted by atomic mass is 32.1. The largest absolute Gasteiger partial charge is 0.465 e. The van der Waals surface area contributed by atoms with Gasteiger partial charge in [0.1, 0.15) is 5.56 Å². The van der Waals surface area contributed by atoms with Crippen molar-refractivity contribution in [1.29, 1.82) is 0 Å². The van der Waals surface area contributed by atoms with Crippen LogP contribution in [0.2, 0.25) is 0 Å². The van der Waals surface area contributed by atoms with Crippen molar-refractivity contribution >= 4 is 27.5 Å². The Morgan fingerprint density at radius 2 is 2.24 bits per heavy atom. The number of hydrogen-bond donors (Lipinski definition) is 0. The van der Waals surface area contributed by atoms with E-state index < -0.39 is 0 Å². The van der Waals surface area contributed by atoms with E-state index in [0.29, 0.717) is 12.0 Å². The van der Waals surface area contributed by atoms with Crippen LogP contribution in [0.25, 0.3) is 15.3 Å². The topological polar surface area (TPSA) is 57.0 Å². The number of para-hydroxylation sites is 1. The standard InChI is InChI=1S/C15H15N3O2S/c1-4-11-10(14(19)20-3)8-16-18(11)15-17-13-9(2)6-5-7-12(13)21-15/h5-8H,4H2,1-3H3. The molecule has 0 unspecified atom stereocenters. The molecule has 1 aromatic carbocycles. The summed E-state index contributed by atoms with van der Waals surface area (Å²) in [4.78, 5) is 16.4. The molecule has 0 fully saturated rings. The Balaban J connectivity index is 2.16. The average Bonchev–Trinajstić information content (AvgIpc) is 3.10. The number of rotatable bonds is 3. The van der Waals surface area contributed by atoms with Gasteiger partial charge in [-0.1, -0.05) is 30.4 Å². The van der Waals surface area contributed by atoms with Crippen LogP contribution in [0, 0.1) is 6.92 Å². The smallest absolute Gasteiger partial charge is 0.341 e. The molecule has 21 heavy (non-hydrogen) atoms. The number of aromatic nitrogens is 3. The molecule has 0 amide bonds.